The van der Waals surface area contributed by atoms with Crippen LogP contribution in [0.1, 0.15) is 29.9 Å². The number of carbonyl (C=O) groups excluding carboxylic acids is 1. The highest BCUT2D eigenvalue weighted by molar-refractivity contribution is 6.08. The van der Waals surface area contributed by atoms with Gasteiger partial charge in [-0.2, -0.15) is 0 Å². The fraction of sp³-hybridized carbons (Fsp3) is 0.125. The number of aromatic nitrogens is 3. The topological polar surface area (TPSA) is 79.9 Å². The van der Waals surface area contributed by atoms with Crippen LogP contribution < -0.4 is 10.1 Å². The zero-order chi connectivity index (χ0) is 20.9. The van der Waals surface area contributed by atoms with E-state index in [1.54, 1.807) is 18.5 Å². The van der Waals surface area contributed by atoms with Gasteiger partial charge in [-0.15, -0.1) is 0 Å². The van der Waals surface area contributed by atoms with Crippen LogP contribution in [0.2, 0.25) is 0 Å². The first-order chi connectivity index (χ1) is 14.6. The number of imidazole rings is 1. The van der Waals surface area contributed by atoms with Crippen LogP contribution in [0, 0.1) is 0 Å². The highest BCUT2D eigenvalue weighted by Crippen LogP contribution is 2.23. The average Bonchev–Trinajstić information content (AvgIpc) is 3.22. The fourth-order valence-corrected chi connectivity index (χ4v) is 3.10. The van der Waals surface area contributed by atoms with Crippen molar-refractivity contribution < 1.29 is 9.53 Å². The number of aromatic amines is 1. The standard InChI is InChI=1S/C24H22N4O2/c1-16(2)30-21-8-4-7-20(14-21)27-24-26-15-22(28-24)23(29)19-6-3-5-18(13-19)17-9-11-25-12-10-17/h3-16H,1-2H3,(H2,26,27,28). The maximum Gasteiger partial charge on any atom is 0.210 e. The van der Waals surface area contributed by atoms with E-state index in [0.29, 0.717) is 17.2 Å². The molecule has 4 rings (SSSR count). The number of rotatable bonds is 7. The van der Waals surface area contributed by atoms with Crippen LogP contribution in [0.15, 0.2) is 79.3 Å². The number of hydrogen-bond donors (Lipinski definition) is 2. The molecule has 150 valence electrons. The first-order valence-corrected chi connectivity index (χ1v) is 9.72. The molecule has 0 aliphatic rings. The molecule has 2 aromatic carbocycles. The second-order valence-corrected chi connectivity index (χ2v) is 7.11. The first-order valence-electron chi connectivity index (χ1n) is 9.72. The molecule has 0 saturated carbocycles. The van der Waals surface area contributed by atoms with Crippen LogP contribution >= 0.6 is 0 Å². The Morgan fingerprint density at radius 1 is 1.00 bits per heavy atom. The van der Waals surface area contributed by atoms with E-state index in [0.717, 1.165) is 22.6 Å². The number of hydrogen-bond acceptors (Lipinski definition) is 5. The summed E-state index contributed by atoms with van der Waals surface area (Å²) in [7, 11) is 0. The number of nitrogens with zero attached hydrogens (tertiary/aromatic N) is 2. The van der Waals surface area contributed by atoms with Gasteiger partial charge in [-0.05, 0) is 55.3 Å². The largest absolute Gasteiger partial charge is 0.491 e. The van der Waals surface area contributed by atoms with Crippen molar-refractivity contribution in [1.82, 2.24) is 15.0 Å². The third kappa shape index (κ3) is 4.55. The minimum absolute atomic E-state index is 0.0935. The van der Waals surface area contributed by atoms with Crippen molar-refractivity contribution in [2.45, 2.75) is 20.0 Å². The Kier molecular flexibility index (Phi) is 5.57. The molecule has 0 saturated heterocycles. The highest BCUT2D eigenvalue weighted by Gasteiger charge is 2.13. The summed E-state index contributed by atoms with van der Waals surface area (Å²) >= 11 is 0. The van der Waals surface area contributed by atoms with Gasteiger partial charge in [-0.1, -0.05) is 24.3 Å². The van der Waals surface area contributed by atoms with Crippen molar-refractivity contribution in [3.05, 3.63) is 90.5 Å². The number of anilines is 2. The van der Waals surface area contributed by atoms with Crippen LogP contribution in [0.25, 0.3) is 11.1 Å². The SMILES string of the molecule is CC(C)Oc1cccc(Nc2ncc(C(=O)c3cccc(-c4ccncc4)c3)[nH]2)c1. The van der Waals surface area contributed by atoms with Crippen LogP contribution in [0.3, 0.4) is 0 Å². The van der Waals surface area contributed by atoms with Gasteiger partial charge in [0.15, 0.2) is 0 Å². The molecular weight excluding hydrogens is 376 g/mol. The molecule has 0 unspecified atom stereocenters. The van der Waals surface area contributed by atoms with Gasteiger partial charge in [0.2, 0.25) is 11.7 Å². The Morgan fingerprint density at radius 3 is 2.60 bits per heavy atom. The smallest absolute Gasteiger partial charge is 0.210 e. The normalized spacial score (nSPS) is 10.8. The molecule has 0 radical (unpaired) electrons. The molecule has 2 aromatic heterocycles. The van der Waals surface area contributed by atoms with Gasteiger partial charge in [0, 0.05) is 29.7 Å². The molecule has 6 nitrogen and oxygen atoms in total. The van der Waals surface area contributed by atoms with Gasteiger partial charge in [0.05, 0.1) is 12.3 Å². The van der Waals surface area contributed by atoms with Gasteiger partial charge in [0.25, 0.3) is 0 Å². The molecule has 0 atom stereocenters. The lowest BCUT2D eigenvalue weighted by Gasteiger charge is -2.11. The molecule has 0 bridgehead atoms. The van der Waals surface area contributed by atoms with Gasteiger partial charge in [-0.25, -0.2) is 4.98 Å². The Hall–Kier alpha value is -3.93. The number of carbonyl (C=O) groups is 1. The minimum Gasteiger partial charge on any atom is -0.491 e. The lowest BCUT2D eigenvalue weighted by Crippen LogP contribution is -2.05. The summed E-state index contributed by atoms with van der Waals surface area (Å²) in [5.41, 5.74) is 3.80. The molecule has 2 N–H and O–H groups in total. The maximum atomic E-state index is 12.9. The Balaban J connectivity index is 1.51. The zero-order valence-corrected chi connectivity index (χ0v) is 16.8. The summed E-state index contributed by atoms with van der Waals surface area (Å²) in [4.78, 5) is 24.3. The first kappa shape index (κ1) is 19.4. The molecule has 2 heterocycles. The van der Waals surface area contributed by atoms with E-state index in [1.165, 1.54) is 6.20 Å². The number of nitrogens with one attached hydrogen (secondary N) is 2. The number of ketones is 1. The van der Waals surface area contributed by atoms with Gasteiger partial charge < -0.3 is 15.0 Å². The number of benzene rings is 2. The molecule has 6 heteroatoms. The number of pyridine rings is 1. The summed E-state index contributed by atoms with van der Waals surface area (Å²) in [5, 5.41) is 3.18. The molecule has 0 aliphatic heterocycles. The van der Waals surface area contributed by atoms with E-state index in [-0.39, 0.29) is 11.9 Å². The van der Waals surface area contributed by atoms with E-state index in [9.17, 15) is 4.79 Å². The fourth-order valence-electron chi connectivity index (χ4n) is 3.10. The summed E-state index contributed by atoms with van der Waals surface area (Å²) in [6.45, 7) is 3.96. The van der Waals surface area contributed by atoms with Crippen molar-refractivity contribution in [2.75, 3.05) is 5.32 Å². The van der Waals surface area contributed by atoms with Gasteiger partial charge in [0.1, 0.15) is 11.4 Å². The molecule has 0 aliphatic carbocycles. The summed E-state index contributed by atoms with van der Waals surface area (Å²) in [5.74, 6) is 1.14. The Labute approximate surface area is 175 Å². The van der Waals surface area contributed by atoms with E-state index >= 15 is 0 Å². The molecule has 0 spiro atoms. The van der Waals surface area contributed by atoms with Crippen LogP contribution in [0.4, 0.5) is 11.6 Å². The predicted octanol–water partition coefficient (Wildman–Crippen LogP) is 5.23. The Morgan fingerprint density at radius 2 is 1.80 bits per heavy atom. The summed E-state index contributed by atoms with van der Waals surface area (Å²) in [6, 6.07) is 19.0. The average molecular weight is 398 g/mol. The monoisotopic (exact) mass is 398 g/mol. The second-order valence-electron chi connectivity index (χ2n) is 7.11. The number of H-pyrrole nitrogens is 1. The molecule has 0 amide bonds. The summed E-state index contributed by atoms with van der Waals surface area (Å²) < 4.78 is 5.71. The van der Waals surface area contributed by atoms with Crippen molar-refractivity contribution in [1.29, 1.82) is 0 Å². The molecular formula is C24H22N4O2. The van der Waals surface area contributed by atoms with Crippen molar-refractivity contribution in [2.24, 2.45) is 0 Å². The number of ether oxygens (including phenoxy) is 1. The van der Waals surface area contributed by atoms with E-state index < -0.39 is 0 Å². The van der Waals surface area contributed by atoms with E-state index in [2.05, 4.69) is 20.3 Å². The predicted molar refractivity (Wildman–Crippen MR) is 117 cm³/mol. The zero-order valence-electron chi connectivity index (χ0n) is 16.8. The molecule has 30 heavy (non-hydrogen) atoms. The van der Waals surface area contributed by atoms with Gasteiger partial charge in [-0.3, -0.25) is 9.78 Å². The molecule has 0 fully saturated rings. The van der Waals surface area contributed by atoms with Crippen molar-refractivity contribution in [3.8, 4) is 16.9 Å². The van der Waals surface area contributed by atoms with Crippen LogP contribution in [0.5, 0.6) is 5.75 Å². The second kappa shape index (κ2) is 8.61. The lowest BCUT2D eigenvalue weighted by molar-refractivity contribution is 0.103. The maximum absolute atomic E-state index is 12.9. The van der Waals surface area contributed by atoms with Crippen LogP contribution in [-0.2, 0) is 0 Å². The van der Waals surface area contributed by atoms with E-state index in [4.69, 9.17) is 4.74 Å². The van der Waals surface area contributed by atoms with Gasteiger partial charge >= 0.3 is 0 Å². The van der Waals surface area contributed by atoms with Crippen molar-refractivity contribution in [3.63, 3.8) is 0 Å². The van der Waals surface area contributed by atoms with Crippen LogP contribution in [-0.4, -0.2) is 26.8 Å². The highest BCUT2D eigenvalue weighted by atomic mass is 16.5. The van der Waals surface area contributed by atoms with Crippen molar-refractivity contribution >= 4 is 17.4 Å². The minimum atomic E-state index is -0.122. The summed E-state index contributed by atoms with van der Waals surface area (Å²) in [6.07, 6.45) is 5.10. The Bertz CT molecular complexity index is 1150. The third-order valence-electron chi connectivity index (χ3n) is 4.43. The molecule has 4 aromatic rings. The quantitative estimate of drug-likeness (QED) is 0.417. The van der Waals surface area contributed by atoms with E-state index in [1.807, 2.05) is 68.4 Å². The lowest BCUT2D eigenvalue weighted by atomic mass is 10.0. The third-order valence-corrected chi connectivity index (χ3v) is 4.43.